The van der Waals surface area contributed by atoms with Crippen LogP contribution in [0, 0.1) is 0 Å². The van der Waals surface area contributed by atoms with E-state index in [-0.39, 0.29) is 29.7 Å². The maximum atomic E-state index is 10.5. The van der Waals surface area contributed by atoms with Gasteiger partial charge in [-0.2, -0.15) is 0 Å². The number of rotatable bonds is 3. The first-order valence-corrected chi connectivity index (χ1v) is 8.01. The van der Waals surface area contributed by atoms with Crippen LogP contribution in [0.15, 0.2) is 24.3 Å². The van der Waals surface area contributed by atoms with Crippen molar-refractivity contribution in [3.8, 4) is 23.3 Å². The van der Waals surface area contributed by atoms with Gasteiger partial charge in [-0.05, 0) is 37.4 Å². The third kappa shape index (κ3) is 3.13. The van der Waals surface area contributed by atoms with Crippen LogP contribution in [-0.2, 0) is 6.42 Å². The van der Waals surface area contributed by atoms with Gasteiger partial charge in [-0.1, -0.05) is 6.07 Å². The summed E-state index contributed by atoms with van der Waals surface area (Å²) in [6.45, 7) is 0.689. The van der Waals surface area contributed by atoms with Crippen LogP contribution < -0.4 is 5.32 Å². The van der Waals surface area contributed by atoms with Gasteiger partial charge in [-0.25, -0.2) is 0 Å². The Morgan fingerprint density at radius 1 is 1.04 bits per heavy atom. The quantitative estimate of drug-likeness (QED) is 0.507. The number of phenolic OH excluding ortho intramolecular Hbond substituents is 2. The molecule has 130 valence electrons. The van der Waals surface area contributed by atoms with Crippen molar-refractivity contribution < 1.29 is 25.5 Å². The summed E-state index contributed by atoms with van der Waals surface area (Å²) in [6.07, 6.45) is 1.76. The molecule has 1 aromatic carbocycles. The molecule has 1 fully saturated rings. The van der Waals surface area contributed by atoms with Crippen molar-refractivity contribution in [2.45, 2.75) is 38.0 Å². The van der Waals surface area contributed by atoms with E-state index in [0.29, 0.717) is 24.1 Å². The van der Waals surface area contributed by atoms with E-state index >= 15 is 0 Å². The summed E-state index contributed by atoms with van der Waals surface area (Å²) in [6, 6.07) is 5.19. The summed E-state index contributed by atoms with van der Waals surface area (Å²) in [5.41, 5.74) is 0.949. The van der Waals surface area contributed by atoms with Crippen LogP contribution in [0.25, 0.3) is 0 Å². The summed E-state index contributed by atoms with van der Waals surface area (Å²) in [5.74, 6) is -0.396. The van der Waals surface area contributed by atoms with Crippen LogP contribution in [0.4, 0.5) is 0 Å². The van der Waals surface area contributed by atoms with Crippen LogP contribution >= 0.6 is 0 Å². The van der Waals surface area contributed by atoms with Crippen LogP contribution in [0.2, 0.25) is 0 Å². The van der Waals surface area contributed by atoms with Crippen LogP contribution in [0.3, 0.4) is 0 Å². The van der Waals surface area contributed by atoms with Crippen molar-refractivity contribution in [2.75, 3.05) is 6.54 Å². The van der Waals surface area contributed by atoms with Gasteiger partial charge in [0.15, 0.2) is 11.8 Å². The summed E-state index contributed by atoms with van der Waals surface area (Å²) < 4.78 is 1.33. The number of nitrogens with one attached hydrogen (secondary N) is 1. The molecule has 0 spiro atoms. The molecule has 0 saturated carbocycles. The maximum Gasteiger partial charge on any atom is 0.197 e. The van der Waals surface area contributed by atoms with Gasteiger partial charge in [-0.3, -0.25) is 9.88 Å². The topological polar surface area (TPSA) is 118 Å². The van der Waals surface area contributed by atoms with E-state index in [0.717, 1.165) is 12.8 Å². The molecule has 0 amide bonds. The third-order valence-electron chi connectivity index (χ3n) is 4.49. The van der Waals surface area contributed by atoms with Crippen molar-refractivity contribution >= 4 is 0 Å². The molecule has 2 heterocycles. The second kappa shape index (κ2) is 6.62. The summed E-state index contributed by atoms with van der Waals surface area (Å²) in [5, 5.41) is 53.1. The van der Waals surface area contributed by atoms with E-state index in [4.69, 9.17) is 0 Å². The van der Waals surface area contributed by atoms with Gasteiger partial charge in [0.25, 0.3) is 0 Å². The molecule has 1 aliphatic heterocycles. The molecular weight excluding hydrogens is 312 g/mol. The Balaban J connectivity index is 1.91. The molecule has 1 aliphatic rings. The predicted octanol–water partition coefficient (Wildman–Crippen LogP) is 1.53. The average Bonchev–Trinajstić information content (AvgIpc) is 2.69. The summed E-state index contributed by atoms with van der Waals surface area (Å²) in [4.78, 5) is 0. The number of aromatic hydroxyl groups is 4. The van der Waals surface area contributed by atoms with Gasteiger partial charge in [0, 0.05) is 24.1 Å². The van der Waals surface area contributed by atoms with Crippen molar-refractivity contribution in [3.05, 3.63) is 35.4 Å². The third-order valence-corrected chi connectivity index (χ3v) is 4.49. The van der Waals surface area contributed by atoms with Crippen molar-refractivity contribution in [1.29, 1.82) is 0 Å². The molecule has 0 bridgehead atoms. The van der Waals surface area contributed by atoms with Crippen LogP contribution in [-0.4, -0.2) is 42.9 Å². The number of hydrogen-bond acceptors (Lipinski definition) is 6. The van der Waals surface area contributed by atoms with E-state index < -0.39 is 12.3 Å². The van der Waals surface area contributed by atoms with Gasteiger partial charge in [0.1, 0.15) is 17.7 Å². The zero-order valence-electron chi connectivity index (χ0n) is 13.2. The molecule has 3 rings (SSSR count). The maximum absolute atomic E-state index is 10.5. The van der Waals surface area contributed by atoms with Gasteiger partial charge >= 0.3 is 0 Å². The lowest BCUT2D eigenvalue weighted by Crippen LogP contribution is -2.35. The summed E-state index contributed by atoms with van der Waals surface area (Å²) in [7, 11) is 0. The first-order chi connectivity index (χ1) is 11.5. The largest absolute Gasteiger partial charge is 0.508 e. The molecule has 0 radical (unpaired) electrons. The Kier molecular flexibility index (Phi) is 4.55. The van der Waals surface area contributed by atoms with E-state index in [1.165, 1.54) is 22.8 Å². The number of aliphatic hydroxyl groups is 1. The number of aliphatic hydroxyl groups excluding tert-OH is 1. The molecule has 2 unspecified atom stereocenters. The van der Waals surface area contributed by atoms with Gasteiger partial charge < -0.3 is 25.5 Å². The molecule has 0 aliphatic carbocycles. The molecule has 7 nitrogen and oxygen atoms in total. The zero-order valence-corrected chi connectivity index (χ0v) is 13.2. The molecule has 24 heavy (non-hydrogen) atoms. The normalized spacial score (nSPS) is 21.5. The second-order valence-electron chi connectivity index (χ2n) is 6.17. The van der Waals surface area contributed by atoms with Gasteiger partial charge in [-0.15, -0.1) is 0 Å². The lowest BCUT2D eigenvalue weighted by atomic mass is 10.1. The number of benzene rings is 1. The highest BCUT2D eigenvalue weighted by atomic mass is 16.3. The van der Waals surface area contributed by atoms with E-state index in [2.05, 4.69) is 5.32 Å². The number of phenols is 2. The minimum Gasteiger partial charge on any atom is -0.508 e. The molecule has 7 heteroatoms. The minimum absolute atomic E-state index is 0.0476. The smallest absolute Gasteiger partial charge is 0.197 e. The Labute approximate surface area is 139 Å². The lowest BCUT2D eigenvalue weighted by Gasteiger charge is -2.24. The predicted molar refractivity (Wildman–Crippen MR) is 87.2 cm³/mol. The number of hydrogen-bond donors (Lipinski definition) is 6. The lowest BCUT2D eigenvalue weighted by molar-refractivity contribution is 0.0766. The van der Waals surface area contributed by atoms with Crippen molar-refractivity contribution in [1.82, 2.24) is 9.88 Å². The fourth-order valence-electron chi connectivity index (χ4n) is 3.21. The van der Waals surface area contributed by atoms with Gasteiger partial charge in [0.05, 0.1) is 6.04 Å². The molecular formula is C17H22N2O5. The minimum atomic E-state index is -0.855. The zero-order chi connectivity index (χ0) is 17.3. The fraction of sp³-hybridized carbons (Fsp3) is 0.412. The second-order valence-corrected chi connectivity index (χ2v) is 6.17. The molecule has 2 atom stereocenters. The Morgan fingerprint density at radius 2 is 1.83 bits per heavy atom. The highest BCUT2D eigenvalue weighted by Gasteiger charge is 2.28. The Hall–Kier alpha value is -2.38. The highest BCUT2D eigenvalue weighted by molar-refractivity contribution is 5.45. The van der Waals surface area contributed by atoms with Crippen molar-refractivity contribution in [2.24, 2.45) is 0 Å². The van der Waals surface area contributed by atoms with Crippen LogP contribution in [0.1, 0.15) is 36.4 Å². The standard InChI is InChI=1S/C17H22N2O5/c20-12-5-4-10(14(21)9-12)7-11-8-15(22)19(17(11)24)13-3-1-2-6-18-16(13)23/h4-5,8-9,13,16,18,20-24H,1-3,6-7H2. The van der Waals surface area contributed by atoms with Crippen LogP contribution in [0.5, 0.6) is 23.3 Å². The molecule has 1 saturated heterocycles. The SMILES string of the molecule is Oc1ccc(Cc2cc(O)n(C3CCCCNC3O)c2O)c(O)c1. The fourth-order valence-corrected chi connectivity index (χ4v) is 3.21. The Bertz CT molecular complexity index is 728. The summed E-state index contributed by atoms with van der Waals surface area (Å²) >= 11 is 0. The Morgan fingerprint density at radius 3 is 2.58 bits per heavy atom. The molecule has 6 N–H and O–H groups in total. The first-order valence-electron chi connectivity index (χ1n) is 8.01. The molecule has 2 aromatic rings. The highest BCUT2D eigenvalue weighted by Crippen LogP contribution is 2.37. The van der Waals surface area contributed by atoms with E-state index in [1.807, 2.05) is 0 Å². The monoisotopic (exact) mass is 334 g/mol. The van der Waals surface area contributed by atoms with E-state index in [9.17, 15) is 25.5 Å². The number of aromatic nitrogens is 1. The molecule has 1 aromatic heterocycles. The average molecular weight is 334 g/mol. The first kappa shape index (κ1) is 16.5. The number of nitrogens with zero attached hydrogens (tertiary/aromatic N) is 1. The van der Waals surface area contributed by atoms with Gasteiger partial charge in [0.2, 0.25) is 0 Å². The van der Waals surface area contributed by atoms with Crippen molar-refractivity contribution in [3.63, 3.8) is 0 Å². The van der Waals surface area contributed by atoms with E-state index in [1.54, 1.807) is 6.07 Å².